The number of nitrogens with one attached hydrogen (secondary N) is 1. The van der Waals surface area contributed by atoms with E-state index in [0.29, 0.717) is 16.9 Å². The predicted octanol–water partition coefficient (Wildman–Crippen LogP) is 2.43. The zero-order valence-corrected chi connectivity index (χ0v) is 15.2. The van der Waals surface area contributed by atoms with Gasteiger partial charge >= 0.3 is 0 Å². The van der Waals surface area contributed by atoms with Crippen LogP contribution in [0.5, 0.6) is 5.75 Å². The maximum Gasteiger partial charge on any atom is 0.233 e. The van der Waals surface area contributed by atoms with E-state index in [1.54, 1.807) is 6.07 Å². The molecule has 5 aliphatic rings. The number of rotatable bonds is 4. The van der Waals surface area contributed by atoms with Gasteiger partial charge in [0.2, 0.25) is 17.7 Å². The number of hydrogen-bond acceptors (Lipinski definition) is 4. The molecule has 1 aromatic rings. The van der Waals surface area contributed by atoms with Crippen molar-refractivity contribution in [3.8, 4) is 5.75 Å². The quantitative estimate of drug-likeness (QED) is 0.472. The minimum Gasteiger partial charge on any atom is -0.506 e. The molecule has 1 heterocycles. The second-order valence-electron chi connectivity index (χ2n) is 7.94. The number of carbonyl (C=O) groups is 3. The lowest BCUT2D eigenvalue weighted by Crippen LogP contribution is -2.40. The fraction of sp³-hybridized carbons (Fsp3) is 0.450. The van der Waals surface area contributed by atoms with Crippen LogP contribution in [0.1, 0.15) is 12.8 Å². The summed E-state index contributed by atoms with van der Waals surface area (Å²) in [6, 6.07) is 4.40. The molecule has 1 saturated heterocycles. The molecule has 0 spiro atoms. The first-order valence-corrected chi connectivity index (χ1v) is 9.65. The number of halogens is 1. The lowest BCUT2D eigenvalue weighted by atomic mass is 9.63. The summed E-state index contributed by atoms with van der Waals surface area (Å²) < 4.78 is 0. The van der Waals surface area contributed by atoms with Crippen LogP contribution in [0.3, 0.4) is 0 Å². The Hall–Kier alpha value is -2.34. The Morgan fingerprint density at radius 2 is 1.78 bits per heavy atom. The molecular formula is C20H19ClN2O4. The summed E-state index contributed by atoms with van der Waals surface area (Å²) in [5.41, 5.74) is 0.250. The van der Waals surface area contributed by atoms with Crippen LogP contribution in [-0.4, -0.2) is 34.3 Å². The number of carbonyl (C=O) groups excluding carboxylic acids is 3. The monoisotopic (exact) mass is 386 g/mol. The van der Waals surface area contributed by atoms with Gasteiger partial charge in [-0.2, -0.15) is 0 Å². The molecule has 3 amide bonds. The number of phenols is 1. The number of imide groups is 1. The van der Waals surface area contributed by atoms with E-state index in [1.165, 1.54) is 17.0 Å². The van der Waals surface area contributed by atoms with Crippen LogP contribution in [0.15, 0.2) is 30.4 Å². The van der Waals surface area contributed by atoms with Gasteiger partial charge in [-0.3, -0.25) is 19.3 Å². The number of phenolic OH excluding ortho intramolecular Hbond substituents is 1. The number of nitrogens with zero attached hydrogens (tertiary/aromatic N) is 1. The van der Waals surface area contributed by atoms with Gasteiger partial charge in [0.1, 0.15) is 5.75 Å². The smallest absolute Gasteiger partial charge is 0.233 e. The zero-order valence-electron chi connectivity index (χ0n) is 14.5. The van der Waals surface area contributed by atoms with Crippen molar-refractivity contribution in [2.75, 3.05) is 11.9 Å². The fourth-order valence-electron chi connectivity index (χ4n) is 5.28. The highest BCUT2D eigenvalue weighted by Crippen LogP contribution is 2.65. The van der Waals surface area contributed by atoms with Crippen molar-refractivity contribution < 1.29 is 19.5 Å². The third-order valence-corrected chi connectivity index (χ3v) is 6.79. The Kier molecular flexibility index (Phi) is 3.63. The van der Waals surface area contributed by atoms with Crippen molar-refractivity contribution >= 4 is 35.0 Å². The zero-order chi connectivity index (χ0) is 18.9. The largest absolute Gasteiger partial charge is 0.506 e. The minimum atomic E-state index is -0.368. The number of anilines is 1. The third kappa shape index (κ3) is 2.50. The fourth-order valence-corrected chi connectivity index (χ4v) is 5.44. The van der Waals surface area contributed by atoms with Crippen molar-refractivity contribution in [1.29, 1.82) is 0 Å². The summed E-state index contributed by atoms with van der Waals surface area (Å²) in [5.74, 6) is 0.276. The summed E-state index contributed by atoms with van der Waals surface area (Å²) in [5, 5.41) is 12.8. The number of allylic oxidation sites excluding steroid dienone is 2. The molecule has 140 valence electrons. The van der Waals surface area contributed by atoms with Gasteiger partial charge in [-0.05, 0) is 42.2 Å². The van der Waals surface area contributed by atoms with Gasteiger partial charge in [-0.15, -0.1) is 0 Å². The van der Waals surface area contributed by atoms with Crippen LogP contribution in [0, 0.1) is 35.5 Å². The molecule has 0 aromatic heterocycles. The van der Waals surface area contributed by atoms with Gasteiger partial charge in [-0.1, -0.05) is 23.8 Å². The highest BCUT2D eigenvalue weighted by molar-refractivity contribution is 6.30. The number of aromatic hydroxyl groups is 1. The predicted molar refractivity (Wildman–Crippen MR) is 97.8 cm³/mol. The van der Waals surface area contributed by atoms with Gasteiger partial charge in [0.15, 0.2) is 0 Å². The summed E-state index contributed by atoms with van der Waals surface area (Å²) in [6.07, 6.45) is 5.38. The van der Waals surface area contributed by atoms with Crippen molar-refractivity contribution in [2.24, 2.45) is 35.5 Å². The van der Waals surface area contributed by atoms with Crippen LogP contribution in [0.4, 0.5) is 5.69 Å². The van der Waals surface area contributed by atoms with E-state index < -0.39 is 0 Å². The molecule has 3 fully saturated rings. The van der Waals surface area contributed by atoms with Crippen LogP contribution in [0.2, 0.25) is 5.02 Å². The third-order valence-electron chi connectivity index (χ3n) is 6.55. The number of amides is 3. The first kappa shape index (κ1) is 16.8. The van der Waals surface area contributed by atoms with E-state index in [9.17, 15) is 19.5 Å². The SMILES string of the molecule is O=C(CCN1C(=O)[C@@H]2[C@H]3C=C[C@@H]([C@@H]4C[C@H]34)[C@@H]2C1=O)Nc1ccc(Cl)cc1O. The van der Waals surface area contributed by atoms with Crippen LogP contribution in [-0.2, 0) is 14.4 Å². The van der Waals surface area contributed by atoms with E-state index >= 15 is 0 Å². The highest BCUT2D eigenvalue weighted by Gasteiger charge is 2.66. The second-order valence-corrected chi connectivity index (χ2v) is 8.38. The average Bonchev–Trinajstić information content (AvgIpc) is 3.41. The van der Waals surface area contributed by atoms with Crippen molar-refractivity contribution in [2.45, 2.75) is 12.8 Å². The summed E-state index contributed by atoms with van der Waals surface area (Å²) in [4.78, 5) is 39.2. The Bertz CT molecular complexity index is 862. The maximum absolute atomic E-state index is 12.9. The molecule has 1 aliphatic heterocycles. The highest BCUT2D eigenvalue weighted by atomic mass is 35.5. The van der Waals surface area contributed by atoms with E-state index in [2.05, 4.69) is 17.5 Å². The van der Waals surface area contributed by atoms with E-state index in [4.69, 9.17) is 11.6 Å². The van der Waals surface area contributed by atoms with Crippen LogP contribution >= 0.6 is 11.6 Å². The summed E-state index contributed by atoms with van der Waals surface area (Å²) >= 11 is 5.78. The molecule has 0 radical (unpaired) electrons. The normalized spacial score (nSPS) is 35.2. The number of likely N-dealkylation sites (tertiary alicyclic amines) is 1. The average molecular weight is 387 g/mol. The Morgan fingerprint density at radius 3 is 2.37 bits per heavy atom. The lowest BCUT2D eigenvalue weighted by molar-refractivity contribution is -0.140. The molecular weight excluding hydrogens is 368 g/mol. The Balaban J connectivity index is 1.25. The molecule has 2 N–H and O–H groups in total. The van der Waals surface area contributed by atoms with Gasteiger partial charge in [0, 0.05) is 24.1 Å². The first-order chi connectivity index (χ1) is 13.0. The molecule has 6 rings (SSSR count). The van der Waals surface area contributed by atoms with Gasteiger partial charge in [-0.25, -0.2) is 0 Å². The van der Waals surface area contributed by atoms with Crippen molar-refractivity contribution in [3.63, 3.8) is 0 Å². The Labute approximate surface area is 161 Å². The molecule has 0 unspecified atom stereocenters. The van der Waals surface area contributed by atoms with Gasteiger partial charge in [0.25, 0.3) is 0 Å². The molecule has 7 heteroatoms. The molecule has 2 saturated carbocycles. The molecule has 27 heavy (non-hydrogen) atoms. The van der Waals surface area contributed by atoms with Crippen molar-refractivity contribution in [3.05, 3.63) is 35.4 Å². The maximum atomic E-state index is 12.9. The summed E-state index contributed by atoms with van der Waals surface area (Å²) in [6.45, 7) is 0.0691. The van der Waals surface area contributed by atoms with Gasteiger partial charge in [0.05, 0.1) is 17.5 Å². The molecule has 4 aliphatic carbocycles. The van der Waals surface area contributed by atoms with E-state index in [-0.39, 0.29) is 65.8 Å². The number of benzene rings is 1. The van der Waals surface area contributed by atoms with Gasteiger partial charge < -0.3 is 10.4 Å². The van der Waals surface area contributed by atoms with E-state index in [0.717, 1.165) is 6.42 Å². The van der Waals surface area contributed by atoms with Crippen LogP contribution in [0.25, 0.3) is 0 Å². The lowest BCUT2D eigenvalue weighted by Gasteiger charge is -2.37. The van der Waals surface area contributed by atoms with E-state index in [1.807, 2.05) is 0 Å². The minimum absolute atomic E-state index is 0.00535. The molecule has 1 aromatic carbocycles. The number of hydrogen-bond donors (Lipinski definition) is 2. The van der Waals surface area contributed by atoms with Crippen molar-refractivity contribution in [1.82, 2.24) is 4.90 Å². The molecule has 2 bridgehead atoms. The first-order valence-electron chi connectivity index (χ1n) is 9.27. The standard InChI is InChI=1S/C20H19ClN2O4/c21-9-1-4-14(15(24)7-9)22-16(25)5-6-23-19(26)17-10-2-3-11(13-8-12(10)13)18(17)20(23)27/h1-4,7,10-13,17-18,24H,5-6,8H2,(H,22,25)/t10-,11-,12-,13+,17-,18+/m0/s1. The topological polar surface area (TPSA) is 86.7 Å². The summed E-state index contributed by atoms with van der Waals surface area (Å²) in [7, 11) is 0. The molecule has 6 atom stereocenters. The molecule has 6 nitrogen and oxygen atoms in total. The second kappa shape index (κ2) is 5.83. The van der Waals surface area contributed by atoms with Crippen LogP contribution < -0.4 is 5.32 Å². The Morgan fingerprint density at radius 1 is 1.15 bits per heavy atom.